The molecule has 0 fully saturated rings. The molecule has 0 saturated heterocycles. The summed E-state index contributed by atoms with van der Waals surface area (Å²) in [5.74, 6) is 1.47. The Labute approximate surface area is 145 Å². The van der Waals surface area contributed by atoms with Crippen molar-refractivity contribution in [3.05, 3.63) is 72.1 Å². The van der Waals surface area contributed by atoms with Gasteiger partial charge in [0.1, 0.15) is 12.2 Å². The van der Waals surface area contributed by atoms with Crippen molar-refractivity contribution in [2.45, 2.75) is 31.7 Å². The van der Waals surface area contributed by atoms with Gasteiger partial charge < -0.3 is 9.88 Å². The zero-order chi connectivity index (χ0) is 17.1. The lowest BCUT2D eigenvalue weighted by Crippen LogP contribution is -2.18. The molecular formula is C19H19N5O. The van der Waals surface area contributed by atoms with Gasteiger partial charge in [0.25, 0.3) is 0 Å². The number of hydrogen-bond acceptors (Lipinski definition) is 4. The Hall–Kier alpha value is -3.02. The van der Waals surface area contributed by atoms with Crippen LogP contribution in [0.4, 0.5) is 5.69 Å². The van der Waals surface area contributed by atoms with Crippen LogP contribution in [0.3, 0.4) is 0 Å². The molecule has 1 aromatic carbocycles. The third-order valence-corrected chi connectivity index (χ3v) is 4.56. The summed E-state index contributed by atoms with van der Waals surface area (Å²) >= 11 is 0. The third kappa shape index (κ3) is 3.57. The standard InChI is InChI=1S/C19H19N5O/c25-19(11-17-3-1-2-10-20-17)22-16-7-4-14(5-8-16)15-6-9-18-23-21-13-24(18)12-15/h1-5,7-8,10,13,15H,6,9,11-12H2,(H,22,25). The van der Waals surface area contributed by atoms with Crippen molar-refractivity contribution in [3.63, 3.8) is 0 Å². The van der Waals surface area contributed by atoms with Crippen LogP contribution in [0.2, 0.25) is 0 Å². The molecular weight excluding hydrogens is 314 g/mol. The van der Waals surface area contributed by atoms with E-state index >= 15 is 0 Å². The first-order chi connectivity index (χ1) is 12.3. The molecule has 1 N–H and O–H groups in total. The van der Waals surface area contributed by atoms with E-state index in [4.69, 9.17) is 0 Å². The molecule has 1 atom stereocenters. The smallest absolute Gasteiger partial charge is 0.230 e. The van der Waals surface area contributed by atoms with Crippen LogP contribution in [-0.2, 0) is 24.2 Å². The summed E-state index contributed by atoms with van der Waals surface area (Å²) in [5, 5.41) is 11.0. The molecule has 1 unspecified atom stereocenters. The van der Waals surface area contributed by atoms with Gasteiger partial charge >= 0.3 is 0 Å². The number of nitrogens with zero attached hydrogens (tertiary/aromatic N) is 4. The fraction of sp³-hybridized carbons (Fsp3) is 0.263. The maximum Gasteiger partial charge on any atom is 0.230 e. The Bertz CT molecular complexity index is 857. The first-order valence-corrected chi connectivity index (χ1v) is 8.44. The van der Waals surface area contributed by atoms with E-state index in [2.05, 4.69) is 37.2 Å². The van der Waals surface area contributed by atoms with Crippen molar-refractivity contribution in [1.82, 2.24) is 19.7 Å². The zero-order valence-corrected chi connectivity index (χ0v) is 13.8. The lowest BCUT2D eigenvalue weighted by Gasteiger charge is -2.23. The molecule has 1 amide bonds. The second kappa shape index (κ2) is 6.84. The van der Waals surface area contributed by atoms with Crippen molar-refractivity contribution in [2.24, 2.45) is 0 Å². The molecule has 6 nitrogen and oxygen atoms in total. The van der Waals surface area contributed by atoms with E-state index in [1.54, 1.807) is 12.5 Å². The van der Waals surface area contributed by atoms with Gasteiger partial charge in [0.2, 0.25) is 5.91 Å². The lowest BCUT2D eigenvalue weighted by atomic mass is 9.91. The highest BCUT2D eigenvalue weighted by Gasteiger charge is 2.20. The molecule has 0 aliphatic carbocycles. The van der Waals surface area contributed by atoms with Gasteiger partial charge in [0.05, 0.1) is 6.42 Å². The summed E-state index contributed by atoms with van der Waals surface area (Å²) in [7, 11) is 0. The van der Waals surface area contributed by atoms with Crippen LogP contribution in [0.1, 0.15) is 29.4 Å². The van der Waals surface area contributed by atoms with Crippen LogP contribution in [-0.4, -0.2) is 25.7 Å². The molecule has 3 heterocycles. The predicted molar refractivity (Wildman–Crippen MR) is 94.1 cm³/mol. The van der Waals surface area contributed by atoms with Gasteiger partial charge in [-0.1, -0.05) is 18.2 Å². The largest absolute Gasteiger partial charge is 0.326 e. The molecule has 1 aliphatic heterocycles. The minimum Gasteiger partial charge on any atom is -0.326 e. The Kier molecular flexibility index (Phi) is 4.24. The van der Waals surface area contributed by atoms with Gasteiger partial charge in [-0.25, -0.2) is 0 Å². The highest BCUT2D eigenvalue weighted by atomic mass is 16.1. The Balaban J connectivity index is 1.38. The van der Waals surface area contributed by atoms with Gasteiger partial charge in [-0.15, -0.1) is 10.2 Å². The topological polar surface area (TPSA) is 72.7 Å². The molecule has 6 heteroatoms. The van der Waals surface area contributed by atoms with Crippen LogP contribution < -0.4 is 5.32 Å². The van der Waals surface area contributed by atoms with Crippen molar-refractivity contribution >= 4 is 11.6 Å². The number of hydrogen-bond donors (Lipinski definition) is 1. The minimum atomic E-state index is -0.0572. The number of pyridine rings is 1. The van der Waals surface area contributed by atoms with E-state index in [1.165, 1.54) is 5.56 Å². The molecule has 0 radical (unpaired) electrons. The maximum atomic E-state index is 12.1. The van der Waals surface area contributed by atoms with E-state index in [9.17, 15) is 4.79 Å². The highest BCUT2D eigenvalue weighted by Crippen LogP contribution is 2.28. The average Bonchev–Trinajstić information content (AvgIpc) is 3.11. The summed E-state index contributed by atoms with van der Waals surface area (Å²) in [6.45, 7) is 0.910. The summed E-state index contributed by atoms with van der Waals surface area (Å²) < 4.78 is 2.12. The van der Waals surface area contributed by atoms with Gasteiger partial charge in [-0.2, -0.15) is 0 Å². The number of amides is 1. The molecule has 2 aromatic heterocycles. The van der Waals surface area contributed by atoms with E-state index < -0.39 is 0 Å². The van der Waals surface area contributed by atoms with E-state index in [0.29, 0.717) is 5.92 Å². The number of aryl methyl sites for hydroxylation is 1. The normalized spacial score (nSPS) is 16.2. The molecule has 0 spiro atoms. The first-order valence-electron chi connectivity index (χ1n) is 8.44. The minimum absolute atomic E-state index is 0.0572. The second-order valence-electron chi connectivity index (χ2n) is 6.30. The molecule has 0 saturated carbocycles. The van der Waals surface area contributed by atoms with Gasteiger partial charge in [0.15, 0.2) is 0 Å². The molecule has 1 aliphatic rings. The van der Waals surface area contributed by atoms with E-state index in [-0.39, 0.29) is 12.3 Å². The second-order valence-corrected chi connectivity index (χ2v) is 6.30. The number of aromatic nitrogens is 4. The van der Waals surface area contributed by atoms with Crippen molar-refractivity contribution in [3.8, 4) is 0 Å². The van der Waals surface area contributed by atoms with E-state index in [1.807, 2.05) is 30.3 Å². The SMILES string of the molecule is O=C(Cc1ccccn1)Nc1ccc(C2CCc3nncn3C2)cc1. The number of anilines is 1. The maximum absolute atomic E-state index is 12.1. The van der Waals surface area contributed by atoms with Crippen LogP contribution in [0.5, 0.6) is 0 Å². The third-order valence-electron chi connectivity index (χ3n) is 4.56. The Morgan fingerprint density at radius 3 is 2.88 bits per heavy atom. The van der Waals surface area contributed by atoms with Crippen LogP contribution in [0, 0.1) is 0 Å². The molecule has 126 valence electrons. The zero-order valence-electron chi connectivity index (χ0n) is 13.8. The average molecular weight is 333 g/mol. The summed E-state index contributed by atoms with van der Waals surface area (Å²) in [4.78, 5) is 16.3. The lowest BCUT2D eigenvalue weighted by molar-refractivity contribution is -0.115. The number of carbonyl (C=O) groups is 1. The van der Waals surface area contributed by atoms with Crippen LogP contribution >= 0.6 is 0 Å². The van der Waals surface area contributed by atoms with E-state index in [0.717, 1.165) is 36.6 Å². The van der Waals surface area contributed by atoms with Crippen molar-refractivity contribution < 1.29 is 4.79 Å². The van der Waals surface area contributed by atoms with Gasteiger partial charge in [0, 0.05) is 36.5 Å². The van der Waals surface area contributed by atoms with Gasteiger partial charge in [-0.3, -0.25) is 9.78 Å². The summed E-state index contributed by atoms with van der Waals surface area (Å²) in [6.07, 6.45) is 5.80. The molecule has 0 bridgehead atoms. The quantitative estimate of drug-likeness (QED) is 0.796. The Morgan fingerprint density at radius 1 is 1.20 bits per heavy atom. The van der Waals surface area contributed by atoms with Crippen LogP contribution in [0.15, 0.2) is 55.0 Å². The first kappa shape index (κ1) is 15.5. The number of rotatable bonds is 4. The number of benzene rings is 1. The number of nitrogens with one attached hydrogen (secondary N) is 1. The van der Waals surface area contributed by atoms with Crippen molar-refractivity contribution in [2.75, 3.05) is 5.32 Å². The summed E-state index contributed by atoms with van der Waals surface area (Å²) in [6, 6.07) is 13.7. The fourth-order valence-corrected chi connectivity index (χ4v) is 3.24. The van der Waals surface area contributed by atoms with Crippen LogP contribution in [0.25, 0.3) is 0 Å². The monoisotopic (exact) mass is 333 g/mol. The number of fused-ring (bicyclic) bond motifs is 1. The molecule has 3 aromatic rings. The number of carbonyl (C=O) groups excluding carboxylic acids is 1. The molecule has 4 rings (SSSR count). The Morgan fingerprint density at radius 2 is 2.08 bits per heavy atom. The fourth-order valence-electron chi connectivity index (χ4n) is 3.24. The predicted octanol–water partition coefficient (Wildman–Crippen LogP) is 2.58. The molecule has 25 heavy (non-hydrogen) atoms. The highest BCUT2D eigenvalue weighted by molar-refractivity contribution is 5.92. The van der Waals surface area contributed by atoms with Gasteiger partial charge in [-0.05, 0) is 36.2 Å². The van der Waals surface area contributed by atoms with Crippen molar-refractivity contribution in [1.29, 1.82) is 0 Å². The summed E-state index contributed by atoms with van der Waals surface area (Å²) in [5.41, 5.74) is 2.86.